The minimum atomic E-state index is -1.39. The van der Waals surface area contributed by atoms with Crippen LogP contribution in [0.4, 0.5) is 0 Å². The quantitative estimate of drug-likeness (QED) is 0.810. The molecule has 0 fully saturated rings. The molecule has 0 aliphatic carbocycles. The van der Waals surface area contributed by atoms with Crippen LogP contribution >= 0.6 is 0 Å². The van der Waals surface area contributed by atoms with E-state index in [1.165, 1.54) is 14.2 Å². The van der Waals surface area contributed by atoms with Crippen molar-refractivity contribution in [2.24, 2.45) is 0 Å². The third-order valence-corrected chi connectivity index (χ3v) is 3.09. The molecule has 0 saturated carbocycles. The van der Waals surface area contributed by atoms with Crippen LogP contribution in [0.5, 0.6) is 11.5 Å². The second kappa shape index (κ2) is 6.61. The Balaban J connectivity index is 3.20. The van der Waals surface area contributed by atoms with Gasteiger partial charge >= 0.3 is 5.97 Å². The third kappa shape index (κ3) is 3.42. The summed E-state index contributed by atoms with van der Waals surface area (Å²) in [5, 5.41) is 10.6. The molecule has 0 spiro atoms. The highest BCUT2D eigenvalue weighted by molar-refractivity contribution is 5.71. The van der Waals surface area contributed by atoms with Crippen LogP contribution in [-0.2, 0) is 15.1 Å². The van der Waals surface area contributed by atoms with Crippen LogP contribution in [0.3, 0.4) is 0 Å². The Morgan fingerprint density at radius 3 is 2.35 bits per heavy atom. The summed E-state index contributed by atoms with van der Waals surface area (Å²) in [6, 6.07) is 3.55. The molecular weight excluding hydrogens is 260 g/mol. The number of esters is 1. The zero-order valence-corrected chi connectivity index (χ0v) is 12.6. The van der Waals surface area contributed by atoms with E-state index in [0.29, 0.717) is 17.1 Å². The number of methoxy groups -OCH3 is 2. The van der Waals surface area contributed by atoms with Crippen molar-refractivity contribution < 1.29 is 24.1 Å². The maximum absolute atomic E-state index is 11.6. The molecule has 20 heavy (non-hydrogen) atoms. The molecule has 0 radical (unpaired) electrons. The molecule has 1 unspecified atom stereocenters. The van der Waals surface area contributed by atoms with Gasteiger partial charge in [0.05, 0.1) is 27.2 Å². The van der Waals surface area contributed by atoms with Crippen LogP contribution < -0.4 is 9.47 Å². The second-order valence-electron chi connectivity index (χ2n) is 4.75. The fraction of sp³-hybridized carbons (Fsp3) is 0.533. The van der Waals surface area contributed by atoms with Crippen molar-refractivity contribution in [3.05, 3.63) is 23.3 Å². The third-order valence-electron chi connectivity index (χ3n) is 3.09. The van der Waals surface area contributed by atoms with Crippen molar-refractivity contribution in [3.8, 4) is 11.5 Å². The van der Waals surface area contributed by atoms with Gasteiger partial charge in [0.15, 0.2) is 11.5 Å². The van der Waals surface area contributed by atoms with Crippen molar-refractivity contribution in [2.45, 2.75) is 32.8 Å². The van der Waals surface area contributed by atoms with Gasteiger partial charge in [-0.2, -0.15) is 0 Å². The molecule has 1 atom stereocenters. The predicted octanol–water partition coefficient (Wildman–Crippen LogP) is 2.17. The molecule has 1 rings (SSSR count). The highest BCUT2D eigenvalue weighted by atomic mass is 16.5. The van der Waals surface area contributed by atoms with Gasteiger partial charge in [-0.1, -0.05) is 12.1 Å². The summed E-state index contributed by atoms with van der Waals surface area (Å²) in [6.45, 7) is 5.44. The Morgan fingerprint density at radius 1 is 1.25 bits per heavy atom. The maximum atomic E-state index is 11.6. The molecule has 1 aromatic carbocycles. The number of carbonyl (C=O) groups is 1. The van der Waals surface area contributed by atoms with Gasteiger partial charge in [-0.25, -0.2) is 0 Å². The molecule has 0 amide bonds. The Morgan fingerprint density at radius 2 is 1.85 bits per heavy atom. The smallest absolute Gasteiger partial charge is 0.309 e. The highest BCUT2D eigenvalue weighted by Crippen LogP contribution is 2.41. The number of ether oxygens (including phenoxy) is 3. The number of hydrogen-bond donors (Lipinski definition) is 1. The van der Waals surface area contributed by atoms with Crippen LogP contribution in [0, 0.1) is 6.92 Å². The lowest BCUT2D eigenvalue weighted by Crippen LogP contribution is -2.27. The van der Waals surface area contributed by atoms with Crippen molar-refractivity contribution >= 4 is 5.97 Å². The number of benzene rings is 1. The van der Waals surface area contributed by atoms with Crippen LogP contribution in [0.15, 0.2) is 12.1 Å². The van der Waals surface area contributed by atoms with Crippen molar-refractivity contribution in [1.29, 1.82) is 0 Å². The lowest BCUT2D eigenvalue weighted by atomic mass is 9.90. The van der Waals surface area contributed by atoms with Crippen molar-refractivity contribution in [1.82, 2.24) is 0 Å². The minimum Gasteiger partial charge on any atom is -0.493 e. The van der Waals surface area contributed by atoms with E-state index in [1.54, 1.807) is 19.9 Å². The van der Waals surface area contributed by atoms with E-state index < -0.39 is 11.6 Å². The van der Waals surface area contributed by atoms with Crippen LogP contribution in [-0.4, -0.2) is 31.9 Å². The van der Waals surface area contributed by atoms with Crippen molar-refractivity contribution in [3.63, 3.8) is 0 Å². The average Bonchev–Trinajstić information content (AvgIpc) is 2.37. The number of carbonyl (C=O) groups excluding carboxylic acids is 1. The van der Waals surface area contributed by atoms with Crippen LogP contribution in [0.2, 0.25) is 0 Å². The number of aliphatic hydroxyl groups is 1. The Hall–Kier alpha value is -1.75. The van der Waals surface area contributed by atoms with Gasteiger partial charge in [-0.05, 0) is 26.3 Å². The van der Waals surface area contributed by atoms with Crippen LogP contribution in [0.25, 0.3) is 0 Å². The Kier molecular flexibility index (Phi) is 5.39. The molecule has 0 bridgehead atoms. The molecule has 0 heterocycles. The fourth-order valence-corrected chi connectivity index (χ4v) is 2.13. The first-order chi connectivity index (χ1) is 9.37. The minimum absolute atomic E-state index is 0.149. The molecule has 0 aromatic heterocycles. The number of rotatable bonds is 6. The van der Waals surface area contributed by atoms with E-state index in [-0.39, 0.29) is 13.0 Å². The van der Waals surface area contributed by atoms with E-state index in [1.807, 2.05) is 13.0 Å². The zero-order chi connectivity index (χ0) is 15.3. The van der Waals surface area contributed by atoms with Crippen LogP contribution in [0.1, 0.15) is 31.4 Å². The average molecular weight is 282 g/mol. The monoisotopic (exact) mass is 282 g/mol. The van der Waals surface area contributed by atoms with E-state index in [4.69, 9.17) is 14.2 Å². The largest absolute Gasteiger partial charge is 0.493 e. The lowest BCUT2D eigenvalue weighted by Gasteiger charge is -2.26. The van der Waals surface area contributed by atoms with Gasteiger partial charge in [-0.3, -0.25) is 4.79 Å². The van der Waals surface area contributed by atoms with Gasteiger partial charge in [0.2, 0.25) is 0 Å². The van der Waals surface area contributed by atoms with E-state index >= 15 is 0 Å². The summed E-state index contributed by atoms with van der Waals surface area (Å²) in [4.78, 5) is 11.6. The number of aryl methyl sites for hydroxylation is 1. The first-order valence-electron chi connectivity index (χ1n) is 6.47. The van der Waals surface area contributed by atoms with Gasteiger partial charge in [-0.15, -0.1) is 0 Å². The molecule has 1 N–H and O–H groups in total. The lowest BCUT2D eigenvalue weighted by molar-refractivity contribution is -0.148. The molecule has 5 heteroatoms. The number of hydrogen-bond acceptors (Lipinski definition) is 5. The highest BCUT2D eigenvalue weighted by Gasteiger charge is 2.32. The summed E-state index contributed by atoms with van der Waals surface area (Å²) >= 11 is 0. The first-order valence-corrected chi connectivity index (χ1v) is 6.47. The summed E-state index contributed by atoms with van der Waals surface area (Å²) in [5.74, 6) is 0.523. The zero-order valence-electron chi connectivity index (χ0n) is 12.6. The predicted molar refractivity (Wildman–Crippen MR) is 75.1 cm³/mol. The van der Waals surface area contributed by atoms with Gasteiger partial charge < -0.3 is 19.3 Å². The molecule has 0 aliphatic rings. The van der Waals surface area contributed by atoms with Gasteiger partial charge in [0.25, 0.3) is 0 Å². The molecule has 112 valence electrons. The normalized spacial score (nSPS) is 13.5. The standard InChI is InChI=1S/C15H22O5/c1-6-20-12(16)9-15(3,17)11-8-7-10(2)13(18-4)14(11)19-5/h7-8,17H,6,9H2,1-5H3. The summed E-state index contributed by atoms with van der Waals surface area (Å²) in [7, 11) is 3.04. The Labute approximate surface area is 119 Å². The summed E-state index contributed by atoms with van der Waals surface area (Å²) < 4.78 is 15.5. The van der Waals surface area contributed by atoms with E-state index in [2.05, 4.69) is 0 Å². The molecule has 0 saturated heterocycles. The van der Waals surface area contributed by atoms with E-state index in [9.17, 15) is 9.90 Å². The topological polar surface area (TPSA) is 65.0 Å². The first kappa shape index (κ1) is 16.3. The molecular formula is C15H22O5. The second-order valence-corrected chi connectivity index (χ2v) is 4.75. The molecule has 0 aliphatic heterocycles. The van der Waals surface area contributed by atoms with Gasteiger partial charge in [0, 0.05) is 5.56 Å². The van der Waals surface area contributed by atoms with Gasteiger partial charge in [0.1, 0.15) is 5.60 Å². The van der Waals surface area contributed by atoms with Crippen molar-refractivity contribution in [2.75, 3.05) is 20.8 Å². The summed E-state index contributed by atoms with van der Waals surface area (Å²) in [6.07, 6.45) is -0.149. The maximum Gasteiger partial charge on any atom is 0.309 e. The Bertz CT molecular complexity index is 479. The molecule has 1 aromatic rings. The van der Waals surface area contributed by atoms with E-state index in [0.717, 1.165) is 5.56 Å². The fourth-order valence-electron chi connectivity index (χ4n) is 2.13. The summed E-state index contributed by atoms with van der Waals surface area (Å²) in [5.41, 5.74) is -0.00554. The SMILES string of the molecule is CCOC(=O)CC(C)(O)c1ccc(C)c(OC)c1OC. The molecule has 5 nitrogen and oxygen atoms in total.